The Bertz CT molecular complexity index is 599. The number of aryl methyl sites for hydroxylation is 1. The van der Waals surface area contributed by atoms with Crippen LogP contribution in [0.4, 0.5) is 0 Å². The van der Waals surface area contributed by atoms with E-state index in [0.717, 1.165) is 29.0 Å². The number of benzene rings is 1. The maximum Gasteiger partial charge on any atom is 0.176 e. The zero-order valence-corrected chi connectivity index (χ0v) is 12.0. The molecule has 0 bridgehead atoms. The minimum absolute atomic E-state index is 0.112. The molecule has 0 aliphatic rings. The average molecular weight is 259 g/mol. The number of carbonyl (C=O) groups excluding carboxylic acids is 1. The van der Waals surface area contributed by atoms with Crippen LogP contribution in [-0.2, 0) is 7.05 Å². The highest BCUT2D eigenvalue weighted by Crippen LogP contribution is 2.21. The van der Waals surface area contributed by atoms with Crippen molar-refractivity contribution in [3.63, 3.8) is 0 Å². The molecule has 1 aromatic carbocycles. The topological polar surface area (TPSA) is 46.9 Å². The highest BCUT2D eigenvalue weighted by Gasteiger charge is 2.13. The molecule has 0 saturated heterocycles. The van der Waals surface area contributed by atoms with Gasteiger partial charge in [-0.2, -0.15) is 0 Å². The van der Waals surface area contributed by atoms with Gasteiger partial charge in [-0.15, -0.1) is 0 Å². The van der Waals surface area contributed by atoms with Gasteiger partial charge >= 0.3 is 0 Å². The summed E-state index contributed by atoms with van der Waals surface area (Å²) >= 11 is 0. The van der Waals surface area contributed by atoms with Crippen molar-refractivity contribution in [2.24, 2.45) is 7.05 Å². The Morgan fingerprint density at radius 3 is 2.79 bits per heavy atom. The lowest BCUT2D eigenvalue weighted by atomic mass is 10.1. The second-order valence-electron chi connectivity index (χ2n) is 5.09. The SMILES string of the molecule is CCNCC(=O)c1ccc2c(c1)nc(C(C)C)n2C. The summed E-state index contributed by atoms with van der Waals surface area (Å²) < 4.78 is 2.10. The summed E-state index contributed by atoms with van der Waals surface area (Å²) in [5.74, 6) is 1.53. The largest absolute Gasteiger partial charge is 0.331 e. The van der Waals surface area contributed by atoms with Gasteiger partial charge in [-0.3, -0.25) is 4.79 Å². The van der Waals surface area contributed by atoms with Gasteiger partial charge in [-0.05, 0) is 24.7 Å². The number of hydrogen-bond acceptors (Lipinski definition) is 3. The zero-order chi connectivity index (χ0) is 14.0. The second kappa shape index (κ2) is 5.53. The number of imidazole rings is 1. The van der Waals surface area contributed by atoms with Crippen molar-refractivity contribution in [3.8, 4) is 0 Å². The van der Waals surface area contributed by atoms with Gasteiger partial charge in [0.15, 0.2) is 5.78 Å². The van der Waals surface area contributed by atoms with Crippen molar-refractivity contribution < 1.29 is 4.79 Å². The number of aromatic nitrogens is 2. The molecular weight excluding hydrogens is 238 g/mol. The number of nitrogens with one attached hydrogen (secondary N) is 1. The third-order valence-corrected chi connectivity index (χ3v) is 3.29. The summed E-state index contributed by atoms with van der Waals surface area (Å²) in [6, 6.07) is 5.75. The number of fused-ring (bicyclic) bond motifs is 1. The predicted octanol–water partition coefficient (Wildman–Crippen LogP) is 2.49. The van der Waals surface area contributed by atoms with Crippen LogP contribution in [0.25, 0.3) is 11.0 Å². The first-order valence-electron chi connectivity index (χ1n) is 6.74. The number of nitrogens with zero attached hydrogens (tertiary/aromatic N) is 2. The van der Waals surface area contributed by atoms with Crippen molar-refractivity contribution >= 4 is 16.8 Å². The molecule has 2 rings (SSSR count). The molecule has 0 amide bonds. The number of rotatable bonds is 5. The second-order valence-corrected chi connectivity index (χ2v) is 5.09. The monoisotopic (exact) mass is 259 g/mol. The van der Waals surface area contributed by atoms with Crippen LogP contribution in [0.1, 0.15) is 42.9 Å². The Morgan fingerprint density at radius 2 is 2.16 bits per heavy atom. The average Bonchev–Trinajstić information content (AvgIpc) is 2.73. The van der Waals surface area contributed by atoms with Crippen molar-refractivity contribution in [1.82, 2.24) is 14.9 Å². The van der Waals surface area contributed by atoms with Crippen LogP contribution >= 0.6 is 0 Å². The van der Waals surface area contributed by atoms with Gasteiger partial charge in [-0.1, -0.05) is 20.8 Å². The summed E-state index contributed by atoms with van der Waals surface area (Å²) in [5, 5.41) is 3.05. The Balaban J connectivity index is 2.38. The molecule has 4 nitrogen and oxygen atoms in total. The molecule has 0 saturated carbocycles. The molecule has 0 aliphatic carbocycles. The molecule has 102 valence electrons. The Kier molecular flexibility index (Phi) is 4.00. The lowest BCUT2D eigenvalue weighted by Crippen LogP contribution is -2.22. The number of Topliss-reactive ketones (excluding diaryl/α,β-unsaturated/α-hetero) is 1. The summed E-state index contributed by atoms with van der Waals surface area (Å²) in [6.45, 7) is 7.42. The molecule has 19 heavy (non-hydrogen) atoms. The van der Waals surface area contributed by atoms with Gasteiger partial charge in [0, 0.05) is 18.5 Å². The molecule has 4 heteroatoms. The van der Waals surface area contributed by atoms with E-state index in [1.807, 2.05) is 32.2 Å². The molecule has 2 aromatic rings. The fourth-order valence-electron chi connectivity index (χ4n) is 2.25. The van der Waals surface area contributed by atoms with E-state index in [-0.39, 0.29) is 5.78 Å². The minimum atomic E-state index is 0.112. The standard InChI is InChI=1S/C15H21N3O/c1-5-16-9-14(19)11-6-7-13-12(8-11)17-15(10(2)3)18(13)4/h6-8,10,16H,5,9H2,1-4H3. The van der Waals surface area contributed by atoms with Crippen LogP contribution in [0, 0.1) is 0 Å². The zero-order valence-electron chi connectivity index (χ0n) is 12.0. The van der Waals surface area contributed by atoms with Crippen LogP contribution in [0.5, 0.6) is 0 Å². The smallest absolute Gasteiger partial charge is 0.176 e. The molecule has 1 heterocycles. The summed E-state index contributed by atoms with van der Waals surface area (Å²) in [6.07, 6.45) is 0. The van der Waals surface area contributed by atoms with E-state index in [9.17, 15) is 4.79 Å². The first-order chi connectivity index (χ1) is 9.04. The van der Waals surface area contributed by atoms with E-state index in [4.69, 9.17) is 0 Å². The third-order valence-electron chi connectivity index (χ3n) is 3.29. The molecular formula is C15H21N3O. The van der Waals surface area contributed by atoms with Crippen LogP contribution < -0.4 is 5.32 Å². The Morgan fingerprint density at radius 1 is 1.42 bits per heavy atom. The maximum atomic E-state index is 12.0. The van der Waals surface area contributed by atoms with Gasteiger partial charge in [0.1, 0.15) is 5.82 Å². The van der Waals surface area contributed by atoms with Crippen molar-refractivity contribution in [2.75, 3.05) is 13.1 Å². The molecule has 0 atom stereocenters. The summed E-state index contributed by atoms with van der Waals surface area (Å²) in [4.78, 5) is 16.6. The summed E-state index contributed by atoms with van der Waals surface area (Å²) in [7, 11) is 2.02. The number of likely N-dealkylation sites (N-methyl/N-ethyl adjacent to an activating group) is 1. The molecule has 0 spiro atoms. The maximum absolute atomic E-state index is 12.0. The Labute approximate surface area is 113 Å². The van der Waals surface area contributed by atoms with E-state index in [1.54, 1.807) is 0 Å². The normalized spacial score (nSPS) is 11.4. The number of ketones is 1. The van der Waals surface area contributed by atoms with Gasteiger partial charge in [0.2, 0.25) is 0 Å². The van der Waals surface area contributed by atoms with Crippen molar-refractivity contribution in [1.29, 1.82) is 0 Å². The Hall–Kier alpha value is -1.68. The van der Waals surface area contributed by atoms with E-state index in [2.05, 4.69) is 28.7 Å². The first kappa shape index (κ1) is 13.7. The fourth-order valence-corrected chi connectivity index (χ4v) is 2.25. The minimum Gasteiger partial charge on any atom is -0.331 e. The number of hydrogen-bond donors (Lipinski definition) is 1. The van der Waals surface area contributed by atoms with Crippen molar-refractivity contribution in [2.45, 2.75) is 26.7 Å². The lowest BCUT2D eigenvalue weighted by Gasteiger charge is -2.04. The van der Waals surface area contributed by atoms with Crippen LogP contribution in [0.15, 0.2) is 18.2 Å². The molecule has 0 unspecified atom stereocenters. The van der Waals surface area contributed by atoms with Crippen LogP contribution in [-0.4, -0.2) is 28.4 Å². The molecule has 1 aromatic heterocycles. The summed E-state index contributed by atoms with van der Waals surface area (Å²) in [5.41, 5.74) is 2.69. The highest BCUT2D eigenvalue weighted by molar-refractivity contribution is 6.00. The van der Waals surface area contributed by atoms with Gasteiger partial charge in [0.05, 0.1) is 17.6 Å². The number of carbonyl (C=O) groups is 1. The van der Waals surface area contributed by atoms with E-state index in [0.29, 0.717) is 12.5 Å². The molecule has 0 fully saturated rings. The van der Waals surface area contributed by atoms with Crippen molar-refractivity contribution in [3.05, 3.63) is 29.6 Å². The van der Waals surface area contributed by atoms with E-state index >= 15 is 0 Å². The third kappa shape index (κ3) is 2.68. The molecule has 0 radical (unpaired) electrons. The van der Waals surface area contributed by atoms with E-state index in [1.165, 1.54) is 0 Å². The van der Waals surface area contributed by atoms with Crippen LogP contribution in [0.2, 0.25) is 0 Å². The molecule has 1 N–H and O–H groups in total. The lowest BCUT2D eigenvalue weighted by molar-refractivity contribution is 0.0992. The fraction of sp³-hybridized carbons (Fsp3) is 0.467. The quantitative estimate of drug-likeness (QED) is 0.839. The predicted molar refractivity (Wildman–Crippen MR) is 77.7 cm³/mol. The van der Waals surface area contributed by atoms with Gasteiger partial charge < -0.3 is 9.88 Å². The van der Waals surface area contributed by atoms with Gasteiger partial charge in [-0.25, -0.2) is 4.98 Å². The first-order valence-corrected chi connectivity index (χ1v) is 6.74. The van der Waals surface area contributed by atoms with Crippen LogP contribution in [0.3, 0.4) is 0 Å². The highest BCUT2D eigenvalue weighted by atomic mass is 16.1. The van der Waals surface area contributed by atoms with E-state index < -0.39 is 0 Å². The van der Waals surface area contributed by atoms with Gasteiger partial charge in [0.25, 0.3) is 0 Å². The molecule has 0 aliphatic heterocycles.